The fourth-order valence-corrected chi connectivity index (χ4v) is 3.30. The molecule has 2 heterocycles. The van der Waals surface area contributed by atoms with E-state index in [-0.39, 0.29) is 18.4 Å². The van der Waals surface area contributed by atoms with Gasteiger partial charge in [0, 0.05) is 24.6 Å². The van der Waals surface area contributed by atoms with Crippen molar-refractivity contribution >= 4 is 11.9 Å². The number of amides is 1. The zero-order valence-electron chi connectivity index (χ0n) is 14.5. The molecule has 0 bridgehead atoms. The summed E-state index contributed by atoms with van der Waals surface area (Å²) in [6.07, 6.45) is 4.72. The van der Waals surface area contributed by atoms with Crippen molar-refractivity contribution in [3.8, 4) is 11.4 Å². The molecule has 1 saturated heterocycles. The summed E-state index contributed by atoms with van der Waals surface area (Å²) in [6, 6.07) is 5.06. The van der Waals surface area contributed by atoms with E-state index in [9.17, 15) is 9.59 Å². The lowest BCUT2D eigenvalue weighted by molar-refractivity contribution is -0.137. The molecule has 9 heteroatoms. The van der Waals surface area contributed by atoms with Crippen molar-refractivity contribution in [1.29, 1.82) is 0 Å². The quantitative estimate of drug-likeness (QED) is 0.832. The number of piperidine rings is 1. The number of aromatic nitrogens is 4. The number of ether oxygens (including phenoxy) is 1. The smallest absolute Gasteiger partial charge is 0.303 e. The van der Waals surface area contributed by atoms with Crippen LogP contribution in [0.3, 0.4) is 0 Å². The second-order valence-electron chi connectivity index (χ2n) is 6.22. The molecule has 1 fully saturated rings. The van der Waals surface area contributed by atoms with Crippen LogP contribution in [0, 0.1) is 0 Å². The highest BCUT2D eigenvalue weighted by Gasteiger charge is 2.28. The summed E-state index contributed by atoms with van der Waals surface area (Å²) in [5.74, 6) is -0.402. The van der Waals surface area contributed by atoms with E-state index in [0.717, 1.165) is 19.3 Å². The Kier molecular flexibility index (Phi) is 5.45. The van der Waals surface area contributed by atoms with Crippen LogP contribution in [0.25, 0.3) is 5.69 Å². The normalized spacial score (nSPS) is 17.1. The van der Waals surface area contributed by atoms with Crippen molar-refractivity contribution in [2.75, 3.05) is 13.7 Å². The number of carbonyl (C=O) groups excluding carboxylic acids is 1. The first kappa shape index (κ1) is 17.8. The molecular weight excluding hydrogens is 338 g/mol. The fourth-order valence-electron chi connectivity index (χ4n) is 3.30. The fraction of sp³-hybridized carbons (Fsp3) is 0.471. The van der Waals surface area contributed by atoms with Crippen LogP contribution in [-0.4, -0.2) is 61.8 Å². The van der Waals surface area contributed by atoms with Crippen LogP contribution in [0.5, 0.6) is 5.75 Å². The van der Waals surface area contributed by atoms with Gasteiger partial charge in [0.2, 0.25) is 0 Å². The molecule has 1 aromatic heterocycles. The summed E-state index contributed by atoms with van der Waals surface area (Å²) >= 11 is 0. The summed E-state index contributed by atoms with van der Waals surface area (Å²) in [4.78, 5) is 25.7. The standard InChI is InChI=1S/C17H21N5O4/c1-26-15-7-5-12(10-14(15)22-11-18-19-20-22)17(25)21-9-3-2-4-13(21)6-8-16(23)24/h5,7,10-11,13H,2-4,6,8-9H2,1H3,(H,23,24). The largest absolute Gasteiger partial charge is 0.494 e. The van der Waals surface area contributed by atoms with Gasteiger partial charge < -0.3 is 14.7 Å². The van der Waals surface area contributed by atoms with E-state index in [0.29, 0.717) is 30.0 Å². The molecule has 2 aromatic rings. The van der Waals surface area contributed by atoms with Gasteiger partial charge in [0.25, 0.3) is 5.91 Å². The lowest BCUT2D eigenvalue weighted by Crippen LogP contribution is -2.44. The van der Waals surface area contributed by atoms with E-state index >= 15 is 0 Å². The summed E-state index contributed by atoms with van der Waals surface area (Å²) in [5.41, 5.74) is 1.07. The predicted octanol–water partition coefficient (Wildman–Crippen LogP) is 1.53. The number of nitrogens with zero attached hydrogens (tertiary/aromatic N) is 5. The number of carbonyl (C=O) groups is 2. The molecule has 1 N–H and O–H groups in total. The van der Waals surface area contributed by atoms with Gasteiger partial charge in [0.1, 0.15) is 17.8 Å². The SMILES string of the molecule is COc1ccc(C(=O)N2CCCCC2CCC(=O)O)cc1-n1cnnn1. The van der Waals surface area contributed by atoms with E-state index in [1.807, 2.05) is 0 Å². The maximum absolute atomic E-state index is 13.1. The van der Waals surface area contributed by atoms with Crippen molar-refractivity contribution < 1.29 is 19.4 Å². The van der Waals surface area contributed by atoms with Gasteiger partial charge in [0.15, 0.2) is 0 Å². The number of benzene rings is 1. The van der Waals surface area contributed by atoms with Crippen LogP contribution >= 0.6 is 0 Å². The molecule has 0 spiro atoms. The highest BCUT2D eigenvalue weighted by molar-refractivity contribution is 5.95. The number of tetrazole rings is 1. The van der Waals surface area contributed by atoms with Gasteiger partial charge in [-0.3, -0.25) is 9.59 Å². The minimum absolute atomic E-state index is 0.0501. The molecule has 0 saturated carbocycles. The molecular formula is C17H21N5O4. The van der Waals surface area contributed by atoms with Crippen LogP contribution in [0.15, 0.2) is 24.5 Å². The number of rotatable bonds is 6. The average molecular weight is 359 g/mol. The molecule has 1 amide bonds. The highest BCUT2D eigenvalue weighted by atomic mass is 16.5. The van der Waals surface area contributed by atoms with Crippen molar-refractivity contribution in [3.63, 3.8) is 0 Å². The van der Waals surface area contributed by atoms with Gasteiger partial charge in [-0.1, -0.05) is 0 Å². The minimum Gasteiger partial charge on any atom is -0.494 e. The van der Waals surface area contributed by atoms with Crippen molar-refractivity contribution in [2.24, 2.45) is 0 Å². The minimum atomic E-state index is -0.839. The summed E-state index contributed by atoms with van der Waals surface area (Å²) in [6.45, 7) is 0.634. The van der Waals surface area contributed by atoms with Crippen LogP contribution in [0.4, 0.5) is 0 Å². The number of methoxy groups -OCH3 is 1. The molecule has 1 atom stereocenters. The van der Waals surface area contributed by atoms with Crippen molar-refractivity contribution in [2.45, 2.75) is 38.1 Å². The summed E-state index contributed by atoms with van der Waals surface area (Å²) in [5, 5.41) is 20.0. The van der Waals surface area contributed by atoms with Crippen molar-refractivity contribution in [3.05, 3.63) is 30.1 Å². The number of likely N-dealkylation sites (tertiary alicyclic amines) is 1. The Bertz CT molecular complexity index is 777. The van der Waals surface area contributed by atoms with Crippen LogP contribution in [0.2, 0.25) is 0 Å². The number of carboxylic acids is 1. The van der Waals surface area contributed by atoms with E-state index in [1.54, 1.807) is 23.1 Å². The molecule has 1 unspecified atom stereocenters. The monoisotopic (exact) mass is 359 g/mol. The van der Waals surface area contributed by atoms with E-state index in [1.165, 1.54) is 18.1 Å². The van der Waals surface area contributed by atoms with E-state index in [2.05, 4.69) is 15.5 Å². The van der Waals surface area contributed by atoms with Crippen LogP contribution in [0.1, 0.15) is 42.5 Å². The Balaban J connectivity index is 1.86. The summed E-state index contributed by atoms with van der Waals surface area (Å²) < 4.78 is 6.77. The Morgan fingerprint density at radius 2 is 2.19 bits per heavy atom. The van der Waals surface area contributed by atoms with Crippen molar-refractivity contribution in [1.82, 2.24) is 25.1 Å². The van der Waals surface area contributed by atoms with Gasteiger partial charge in [-0.15, -0.1) is 5.10 Å². The molecule has 0 aliphatic carbocycles. The number of aliphatic carboxylic acids is 1. The van der Waals surface area contributed by atoms with Gasteiger partial charge in [-0.2, -0.15) is 4.68 Å². The molecule has 1 aliphatic rings. The number of carboxylic acid groups (broad SMARTS) is 1. The van der Waals surface area contributed by atoms with Crippen LogP contribution < -0.4 is 4.74 Å². The molecule has 9 nitrogen and oxygen atoms in total. The number of hydrogen-bond donors (Lipinski definition) is 1. The topological polar surface area (TPSA) is 110 Å². The molecule has 138 valence electrons. The number of hydrogen-bond acceptors (Lipinski definition) is 6. The first-order valence-electron chi connectivity index (χ1n) is 8.54. The van der Waals surface area contributed by atoms with Crippen LogP contribution in [-0.2, 0) is 4.79 Å². The van der Waals surface area contributed by atoms with E-state index < -0.39 is 5.97 Å². The van der Waals surface area contributed by atoms with Gasteiger partial charge >= 0.3 is 5.97 Å². The molecule has 1 aliphatic heterocycles. The lowest BCUT2D eigenvalue weighted by atomic mass is 9.96. The zero-order valence-corrected chi connectivity index (χ0v) is 14.5. The zero-order chi connectivity index (χ0) is 18.5. The maximum Gasteiger partial charge on any atom is 0.303 e. The van der Waals surface area contributed by atoms with Gasteiger partial charge in [0.05, 0.1) is 7.11 Å². The molecule has 26 heavy (non-hydrogen) atoms. The summed E-state index contributed by atoms with van der Waals surface area (Å²) in [7, 11) is 1.54. The highest BCUT2D eigenvalue weighted by Crippen LogP contribution is 2.27. The third kappa shape index (κ3) is 3.81. The molecule has 1 aromatic carbocycles. The Morgan fingerprint density at radius 1 is 1.35 bits per heavy atom. The maximum atomic E-state index is 13.1. The third-order valence-electron chi connectivity index (χ3n) is 4.60. The lowest BCUT2D eigenvalue weighted by Gasteiger charge is -2.35. The first-order valence-corrected chi connectivity index (χ1v) is 8.54. The van der Waals surface area contributed by atoms with Gasteiger partial charge in [-0.25, -0.2) is 0 Å². The Labute approximate surface area is 150 Å². The predicted molar refractivity (Wildman–Crippen MR) is 91.3 cm³/mol. The third-order valence-corrected chi connectivity index (χ3v) is 4.60. The van der Waals surface area contributed by atoms with Gasteiger partial charge in [-0.05, 0) is 54.3 Å². The molecule has 3 rings (SSSR count). The molecule has 0 radical (unpaired) electrons. The second-order valence-corrected chi connectivity index (χ2v) is 6.22. The Morgan fingerprint density at radius 3 is 2.88 bits per heavy atom. The Hall–Kier alpha value is -2.97. The second kappa shape index (κ2) is 7.94. The first-order chi connectivity index (χ1) is 12.6. The average Bonchev–Trinajstić information content (AvgIpc) is 3.20. The van der Waals surface area contributed by atoms with E-state index in [4.69, 9.17) is 9.84 Å².